The summed E-state index contributed by atoms with van der Waals surface area (Å²) in [5.74, 6) is 0. The number of benzene rings is 15. The number of hydrogen-bond donors (Lipinski definition) is 0. The van der Waals surface area contributed by atoms with Gasteiger partial charge in [0.1, 0.15) is 0 Å². The van der Waals surface area contributed by atoms with Crippen LogP contribution in [-0.2, 0) is 21.7 Å². The quantitative estimate of drug-likeness (QED) is 0.0480. The molecule has 2 aliphatic carbocycles. The highest BCUT2D eigenvalue weighted by atomic mass is 28.3. The summed E-state index contributed by atoms with van der Waals surface area (Å²) in [5.41, 5.74) is 24.2. The predicted octanol–water partition coefficient (Wildman–Crippen LogP) is 22.9. The Labute approximate surface area is 666 Å². The van der Waals surface area contributed by atoms with Gasteiger partial charge in [0.15, 0.2) is 16.1 Å². The molecule has 0 spiro atoms. The van der Waals surface area contributed by atoms with Crippen LogP contribution >= 0.6 is 0 Å². The van der Waals surface area contributed by atoms with Crippen molar-refractivity contribution in [2.24, 2.45) is 0 Å². The minimum Gasteiger partial charge on any atom is -0.310 e. The third-order valence-corrected chi connectivity index (χ3v) is 33.7. The lowest BCUT2D eigenvalue weighted by molar-refractivity contribution is 0.590. The van der Waals surface area contributed by atoms with Crippen LogP contribution in [0.3, 0.4) is 0 Å². The lowest BCUT2D eigenvalue weighted by atomic mass is 9.81. The highest BCUT2D eigenvalue weighted by molar-refractivity contribution is 7.20. The summed E-state index contributed by atoms with van der Waals surface area (Å²) in [6, 6.07) is 142. The topological polar surface area (TPSA) is 6.48 Å². The number of nitrogens with zero attached hydrogens (tertiary/aromatic N) is 2. The Hall–Kier alpha value is -12.2. The Balaban J connectivity index is 0.619. The average Bonchev–Trinajstić information content (AvgIpc) is 1.34. The van der Waals surface area contributed by atoms with Crippen molar-refractivity contribution in [1.82, 2.24) is 0 Å². The second-order valence-corrected chi connectivity index (χ2v) is 41.3. The number of rotatable bonds is 18. The summed E-state index contributed by atoms with van der Waals surface area (Å²) in [4.78, 5) is 4.92. The van der Waals surface area contributed by atoms with Crippen LogP contribution in [0.15, 0.2) is 376 Å². The monoisotopic (exact) mass is 1480 g/mol. The Bertz CT molecular complexity index is 5370. The van der Waals surface area contributed by atoms with Gasteiger partial charge >= 0.3 is 0 Å². The van der Waals surface area contributed by atoms with E-state index in [1.54, 1.807) is 0 Å². The van der Waals surface area contributed by atoms with Crippen LogP contribution < -0.4 is 51.3 Å². The van der Waals surface area contributed by atoms with E-state index in [2.05, 4.69) is 479 Å². The van der Waals surface area contributed by atoms with Crippen molar-refractivity contribution in [3.05, 3.63) is 432 Å². The molecule has 0 N–H and O–H groups in total. The van der Waals surface area contributed by atoms with E-state index in [0.717, 1.165) is 45.3 Å². The molecule has 17 rings (SSSR count). The Morgan fingerprint density at radius 3 is 0.679 bits per heavy atom. The minimum atomic E-state index is -2.74. The highest BCUT2D eigenvalue weighted by Crippen LogP contribution is 2.53. The normalized spacial score (nSPS) is 13.5. The van der Waals surface area contributed by atoms with E-state index in [1.807, 2.05) is 0 Å². The molecule has 2 aliphatic rings. The zero-order valence-electron chi connectivity index (χ0n) is 66.0. The maximum absolute atomic E-state index is 2.74. The van der Waals surface area contributed by atoms with Crippen LogP contribution in [0, 0.1) is 0 Å². The second-order valence-electron chi connectivity index (χ2n) is 33.7. The Morgan fingerprint density at radius 2 is 0.420 bits per heavy atom. The Kier molecular flexibility index (Phi) is 19.0. The molecule has 0 aromatic heterocycles. The van der Waals surface area contributed by atoms with Crippen LogP contribution in [0.2, 0.25) is 0 Å². The fraction of sp³-hybridized carbons (Fsp3) is 0.130. The first-order valence-corrected chi connectivity index (χ1v) is 43.7. The SMILES string of the molecule is CC(C)(C)c1ccc(N(c2ccc([Si](c3ccccc3)(c3ccccc3)c3ccccc3)cc2)c2ccc3c(c2)C(C)(C)c2cc(/C=C/c4ccc(/C=C/c5ccc6c(c5)C(C)(C)c5cc(N(c7ccc(C(C)(C)C)cc7)c7ccc([Si](c8ccccc8)(c8ccccc8)c8ccccc8)cc7)ccc5-6)cc4)ccc2-3)cc1. The van der Waals surface area contributed by atoms with Gasteiger partial charge in [0, 0.05) is 45.0 Å². The van der Waals surface area contributed by atoms with E-state index in [9.17, 15) is 0 Å². The first-order valence-electron chi connectivity index (χ1n) is 39.7. The van der Waals surface area contributed by atoms with E-state index < -0.39 is 16.1 Å². The Morgan fingerprint density at radius 1 is 0.214 bits per heavy atom. The third-order valence-electron chi connectivity index (χ3n) is 24.1. The zero-order valence-corrected chi connectivity index (χ0v) is 68.0. The summed E-state index contributed by atoms with van der Waals surface area (Å²) in [6.45, 7) is 23.3. The van der Waals surface area contributed by atoms with E-state index in [4.69, 9.17) is 0 Å². The summed E-state index contributed by atoms with van der Waals surface area (Å²) >= 11 is 0. The molecule has 4 heteroatoms. The maximum atomic E-state index is 2.46. The maximum Gasteiger partial charge on any atom is 0.179 e. The van der Waals surface area contributed by atoms with E-state index in [0.29, 0.717) is 0 Å². The first-order chi connectivity index (χ1) is 54.3. The molecular weight excluding hydrogens is 1380 g/mol. The van der Waals surface area contributed by atoms with E-state index in [-0.39, 0.29) is 21.7 Å². The van der Waals surface area contributed by atoms with Gasteiger partial charge < -0.3 is 9.80 Å². The molecule has 546 valence electrons. The molecule has 0 unspecified atom stereocenters. The van der Waals surface area contributed by atoms with Crippen molar-refractivity contribution < 1.29 is 0 Å². The molecule has 0 amide bonds. The molecular formula is C108H96N2Si2. The standard InChI is InChI=1S/C108H96N2Si2/c1-105(2,3)81-51-55-83(56-52-81)109(85-59-65-95(66-60-85)111(89-29-17-11-18-30-89,90-31-19-12-20-32-90)91-33-21-13-22-34-91)87-63-71-99-97-69-49-79(73-101(97)107(7,8)103(99)75-87)47-45-77-41-43-78(44-42-77)46-48-80-50-70-98-100-72-64-88(76-104(100)108(9,10)102(98)74-80)110(84-57-53-82(54-58-84)106(4,5)6)86-61-67-96(68-62-86)112(92-35-23-14-24-36-92,93-37-25-15-26-38-93)94-39-27-16-28-40-94/h11-76H,1-10H3/b47-45+,48-46+. The summed E-state index contributed by atoms with van der Waals surface area (Å²) in [7, 11) is -5.47. The summed E-state index contributed by atoms with van der Waals surface area (Å²) in [6.07, 6.45) is 9.05. The fourth-order valence-electron chi connectivity index (χ4n) is 18.0. The van der Waals surface area contributed by atoms with Gasteiger partial charge in [-0.15, -0.1) is 0 Å². The van der Waals surface area contributed by atoms with Gasteiger partial charge in [0.25, 0.3) is 0 Å². The van der Waals surface area contributed by atoms with Crippen LogP contribution in [0.1, 0.15) is 125 Å². The van der Waals surface area contributed by atoms with Gasteiger partial charge in [-0.2, -0.15) is 0 Å². The third kappa shape index (κ3) is 13.2. The molecule has 0 heterocycles. The molecule has 0 radical (unpaired) electrons. The molecule has 0 saturated carbocycles. The van der Waals surface area contributed by atoms with Gasteiger partial charge in [-0.25, -0.2) is 0 Å². The molecule has 0 fully saturated rings. The lowest BCUT2D eigenvalue weighted by Crippen LogP contribution is -2.74. The second kappa shape index (κ2) is 29.2. The smallest absolute Gasteiger partial charge is 0.179 e. The average molecular weight is 1480 g/mol. The van der Waals surface area contributed by atoms with Crippen molar-refractivity contribution >= 4 is 116 Å². The van der Waals surface area contributed by atoms with Gasteiger partial charge in [0.05, 0.1) is 0 Å². The molecule has 0 aliphatic heterocycles. The molecule has 15 aromatic carbocycles. The number of fused-ring (bicyclic) bond motifs is 6. The van der Waals surface area contributed by atoms with Crippen LogP contribution in [-0.4, -0.2) is 16.1 Å². The summed E-state index contributed by atoms with van der Waals surface area (Å²) in [5, 5.41) is 10.9. The minimum absolute atomic E-state index is 0.0239. The zero-order chi connectivity index (χ0) is 77.0. The van der Waals surface area contributed by atoms with Gasteiger partial charge in [0.2, 0.25) is 0 Å². The lowest BCUT2D eigenvalue weighted by Gasteiger charge is -2.35. The van der Waals surface area contributed by atoms with Crippen LogP contribution in [0.5, 0.6) is 0 Å². The van der Waals surface area contributed by atoms with Gasteiger partial charge in [-0.3, -0.25) is 0 Å². The first kappa shape index (κ1) is 72.7. The highest BCUT2D eigenvalue weighted by Gasteiger charge is 2.44. The number of anilines is 6. The van der Waals surface area contributed by atoms with Gasteiger partial charge in [-0.1, -0.05) is 397 Å². The van der Waals surface area contributed by atoms with Crippen LogP contribution in [0.25, 0.3) is 46.6 Å². The van der Waals surface area contributed by atoms with Crippen LogP contribution in [0.4, 0.5) is 34.1 Å². The van der Waals surface area contributed by atoms with Crippen molar-refractivity contribution in [1.29, 1.82) is 0 Å². The molecule has 0 atom stereocenters. The molecule has 112 heavy (non-hydrogen) atoms. The van der Waals surface area contributed by atoms with Crippen molar-refractivity contribution in [2.45, 2.75) is 90.9 Å². The van der Waals surface area contributed by atoms with E-state index >= 15 is 0 Å². The van der Waals surface area contributed by atoms with Crippen molar-refractivity contribution in [3.63, 3.8) is 0 Å². The molecule has 15 aromatic rings. The molecule has 0 saturated heterocycles. The van der Waals surface area contributed by atoms with Crippen molar-refractivity contribution in [3.8, 4) is 22.3 Å². The van der Waals surface area contributed by atoms with Gasteiger partial charge in [-0.05, 0) is 203 Å². The number of hydrogen-bond acceptors (Lipinski definition) is 2. The summed E-state index contributed by atoms with van der Waals surface area (Å²) < 4.78 is 0. The van der Waals surface area contributed by atoms with E-state index in [1.165, 1.54) is 108 Å². The van der Waals surface area contributed by atoms with Crippen molar-refractivity contribution in [2.75, 3.05) is 9.80 Å². The fourth-order valence-corrected chi connectivity index (χ4v) is 27.5. The largest absolute Gasteiger partial charge is 0.310 e. The predicted molar refractivity (Wildman–Crippen MR) is 486 cm³/mol. The molecule has 2 nitrogen and oxygen atoms in total. The molecule has 0 bridgehead atoms.